The Balaban J connectivity index is 0.000000261. The number of ether oxygens (including phenoxy) is 1. The molecule has 4 aromatic carbocycles. The summed E-state index contributed by atoms with van der Waals surface area (Å²) in [5.41, 5.74) is 0.928. The van der Waals surface area contributed by atoms with E-state index in [2.05, 4.69) is 91.9 Å². The maximum absolute atomic E-state index is 10.4. The Morgan fingerprint density at radius 2 is 1.20 bits per heavy atom. The van der Waals surface area contributed by atoms with Gasteiger partial charge in [-0.15, -0.1) is 0 Å². The van der Waals surface area contributed by atoms with E-state index in [9.17, 15) is 13.0 Å². The van der Waals surface area contributed by atoms with Crippen molar-refractivity contribution in [3.05, 3.63) is 115 Å². The SMILES string of the molecule is CCCCOc1ccc([S+](c2ccccc2)c2ccccc2)cc1.Cc1ccc(S(=O)(=O)[O-])cc1. The number of hydrogen-bond donors (Lipinski definition) is 0. The van der Waals surface area contributed by atoms with Crippen molar-refractivity contribution in [3.63, 3.8) is 0 Å². The average Bonchev–Trinajstić information content (AvgIpc) is 2.87. The molecular weight excluding hydrogens is 476 g/mol. The Labute approximate surface area is 211 Å². The second-order valence-electron chi connectivity index (χ2n) is 7.87. The predicted octanol–water partition coefficient (Wildman–Crippen LogP) is 6.86. The summed E-state index contributed by atoms with van der Waals surface area (Å²) in [5.74, 6) is 0.955. The molecule has 182 valence electrons. The Kier molecular flexibility index (Phi) is 9.97. The van der Waals surface area contributed by atoms with E-state index < -0.39 is 10.1 Å². The smallest absolute Gasteiger partial charge is 0.166 e. The van der Waals surface area contributed by atoms with E-state index >= 15 is 0 Å². The summed E-state index contributed by atoms with van der Waals surface area (Å²) in [7, 11) is -4.36. The molecule has 0 saturated carbocycles. The van der Waals surface area contributed by atoms with Crippen LogP contribution in [0.15, 0.2) is 129 Å². The molecule has 0 aromatic heterocycles. The molecule has 4 rings (SSSR count). The molecule has 0 aliphatic heterocycles. The highest BCUT2D eigenvalue weighted by molar-refractivity contribution is 7.97. The number of benzene rings is 4. The topological polar surface area (TPSA) is 66.4 Å². The molecule has 0 amide bonds. The van der Waals surface area contributed by atoms with E-state index in [1.54, 1.807) is 12.1 Å². The molecule has 0 aliphatic rings. The quantitative estimate of drug-likeness (QED) is 0.149. The Bertz CT molecular complexity index is 1220. The van der Waals surface area contributed by atoms with Crippen molar-refractivity contribution in [1.82, 2.24) is 0 Å². The zero-order chi connectivity index (χ0) is 25.1. The van der Waals surface area contributed by atoms with Crippen molar-refractivity contribution in [2.24, 2.45) is 0 Å². The van der Waals surface area contributed by atoms with Crippen molar-refractivity contribution < 1.29 is 17.7 Å². The summed E-state index contributed by atoms with van der Waals surface area (Å²) >= 11 is 0. The molecule has 0 saturated heterocycles. The van der Waals surface area contributed by atoms with Gasteiger partial charge >= 0.3 is 0 Å². The zero-order valence-electron chi connectivity index (χ0n) is 20.0. The van der Waals surface area contributed by atoms with Crippen LogP contribution in [0.1, 0.15) is 25.3 Å². The summed E-state index contributed by atoms with van der Waals surface area (Å²) in [6, 6.07) is 35.8. The van der Waals surface area contributed by atoms with Crippen LogP contribution >= 0.6 is 0 Å². The maximum atomic E-state index is 10.4. The van der Waals surface area contributed by atoms with Crippen LogP contribution in [0.2, 0.25) is 0 Å². The number of hydrogen-bond acceptors (Lipinski definition) is 4. The molecule has 6 heteroatoms. The molecule has 35 heavy (non-hydrogen) atoms. The van der Waals surface area contributed by atoms with Crippen molar-refractivity contribution in [2.45, 2.75) is 46.3 Å². The molecular formula is C29H30O4S2. The zero-order valence-corrected chi connectivity index (χ0v) is 21.6. The highest BCUT2D eigenvalue weighted by Gasteiger charge is 2.28. The van der Waals surface area contributed by atoms with Gasteiger partial charge in [0.25, 0.3) is 0 Å². The van der Waals surface area contributed by atoms with Gasteiger partial charge in [-0.3, -0.25) is 0 Å². The molecule has 0 N–H and O–H groups in total. The molecule has 4 aromatic rings. The highest BCUT2D eigenvalue weighted by Crippen LogP contribution is 2.31. The molecule has 0 atom stereocenters. The normalized spacial score (nSPS) is 11.0. The van der Waals surface area contributed by atoms with Gasteiger partial charge in [0.1, 0.15) is 15.9 Å². The minimum Gasteiger partial charge on any atom is -0.744 e. The molecule has 4 nitrogen and oxygen atoms in total. The molecule has 0 radical (unpaired) electrons. The van der Waals surface area contributed by atoms with E-state index in [4.69, 9.17) is 4.74 Å². The first-order chi connectivity index (χ1) is 16.9. The van der Waals surface area contributed by atoms with Gasteiger partial charge in [-0.25, -0.2) is 8.42 Å². The number of unbranched alkanes of at least 4 members (excludes halogenated alkanes) is 1. The van der Waals surface area contributed by atoms with E-state index in [1.165, 1.54) is 26.8 Å². The second kappa shape index (κ2) is 13.1. The first kappa shape index (κ1) is 26.5. The van der Waals surface area contributed by atoms with Gasteiger partial charge in [0, 0.05) is 0 Å². The van der Waals surface area contributed by atoms with Gasteiger partial charge in [0.15, 0.2) is 14.7 Å². The summed E-state index contributed by atoms with van der Waals surface area (Å²) in [5, 5.41) is 0. The van der Waals surface area contributed by atoms with E-state index in [0.29, 0.717) is 0 Å². The van der Waals surface area contributed by atoms with Crippen LogP contribution in [0, 0.1) is 6.92 Å². The Hall–Kier alpha value is -3.06. The van der Waals surface area contributed by atoms with Crippen LogP contribution in [0.4, 0.5) is 0 Å². The lowest BCUT2D eigenvalue weighted by atomic mass is 10.2. The predicted molar refractivity (Wildman–Crippen MR) is 141 cm³/mol. The van der Waals surface area contributed by atoms with Gasteiger partial charge in [-0.05, 0) is 74.0 Å². The largest absolute Gasteiger partial charge is 0.744 e. The summed E-state index contributed by atoms with van der Waals surface area (Å²) in [4.78, 5) is 3.81. The molecule has 0 spiro atoms. The van der Waals surface area contributed by atoms with Crippen molar-refractivity contribution in [2.75, 3.05) is 6.61 Å². The van der Waals surface area contributed by atoms with Crippen LogP contribution in [0.3, 0.4) is 0 Å². The standard InChI is InChI=1S/C22H23OS.C7H8O3S/c1-2-3-18-23-19-14-16-22(17-15-19)24(20-10-6-4-7-11-20)21-12-8-5-9-13-21;1-6-2-4-7(5-3-6)11(8,9)10/h4-17H,2-3,18H2,1H3;2-5H,1H3,(H,8,9,10)/q+1;/p-1. The molecule has 0 bridgehead atoms. The van der Waals surface area contributed by atoms with Gasteiger partial charge in [0.05, 0.1) is 22.4 Å². The van der Waals surface area contributed by atoms with Crippen LogP contribution in [-0.4, -0.2) is 19.6 Å². The summed E-state index contributed by atoms with van der Waals surface area (Å²) < 4.78 is 37.0. The van der Waals surface area contributed by atoms with Crippen molar-refractivity contribution >= 4 is 21.0 Å². The van der Waals surface area contributed by atoms with Gasteiger partial charge in [-0.1, -0.05) is 67.4 Å². The first-order valence-corrected chi connectivity index (χ1v) is 14.1. The minimum absolute atomic E-state index is 0.0858. The fraction of sp³-hybridized carbons (Fsp3) is 0.172. The fourth-order valence-corrected chi connectivity index (χ4v) is 5.79. The Morgan fingerprint density at radius 1 is 0.714 bits per heavy atom. The second-order valence-corrected chi connectivity index (χ2v) is 11.3. The number of rotatable bonds is 8. The third-order valence-electron chi connectivity index (χ3n) is 5.09. The first-order valence-electron chi connectivity index (χ1n) is 11.5. The lowest BCUT2D eigenvalue weighted by Crippen LogP contribution is -2.04. The van der Waals surface area contributed by atoms with E-state index in [1.807, 2.05) is 6.92 Å². The fourth-order valence-electron chi connectivity index (χ4n) is 3.23. The van der Waals surface area contributed by atoms with Crippen LogP contribution in [-0.2, 0) is 21.0 Å². The van der Waals surface area contributed by atoms with Crippen molar-refractivity contribution in [3.8, 4) is 5.75 Å². The minimum atomic E-state index is -4.27. The lowest BCUT2D eigenvalue weighted by Gasteiger charge is -2.09. The summed E-state index contributed by atoms with van der Waals surface area (Å²) in [6.07, 6.45) is 2.25. The lowest BCUT2D eigenvalue weighted by molar-refractivity contribution is 0.309. The average molecular weight is 507 g/mol. The highest BCUT2D eigenvalue weighted by atomic mass is 32.2. The third-order valence-corrected chi connectivity index (χ3v) is 8.17. The van der Waals surface area contributed by atoms with Crippen molar-refractivity contribution in [1.29, 1.82) is 0 Å². The molecule has 0 unspecified atom stereocenters. The van der Waals surface area contributed by atoms with Gasteiger partial charge < -0.3 is 9.29 Å². The third kappa shape index (κ3) is 8.28. The molecule has 0 aliphatic carbocycles. The maximum Gasteiger partial charge on any atom is 0.166 e. The van der Waals surface area contributed by atoms with Gasteiger partial charge in [-0.2, -0.15) is 0 Å². The van der Waals surface area contributed by atoms with Crippen LogP contribution < -0.4 is 4.74 Å². The molecule has 0 heterocycles. The van der Waals surface area contributed by atoms with Crippen LogP contribution in [0.5, 0.6) is 5.75 Å². The Morgan fingerprint density at radius 3 is 1.66 bits per heavy atom. The number of aryl methyl sites for hydroxylation is 1. The monoisotopic (exact) mass is 506 g/mol. The van der Waals surface area contributed by atoms with Gasteiger partial charge in [0.2, 0.25) is 0 Å². The van der Waals surface area contributed by atoms with Crippen LogP contribution in [0.25, 0.3) is 0 Å². The summed E-state index contributed by atoms with van der Waals surface area (Å²) in [6.45, 7) is 4.79. The van der Waals surface area contributed by atoms with E-state index in [0.717, 1.165) is 30.8 Å². The molecule has 0 fully saturated rings. The van der Waals surface area contributed by atoms with E-state index in [-0.39, 0.29) is 15.8 Å².